The van der Waals surface area contributed by atoms with Crippen molar-refractivity contribution in [3.05, 3.63) is 24.3 Å². The van der Waals surface area contributed by atoms with Crippen molar-refractivity contribution >= 4 is 0 Å². The molecule has 0 heterocycles. The van der Waals surface area contributed by atoms with E-state index in [0.29, 0.717) is 0 Å². The highest BCUT2D eigenvalue weighted by atomic mass is 13.9. The second kappa shape index (κ2) is 14.5. The van der Waals surface area contributed by atoms with Gasteiger partial charge in [0.05, 0.1) is 0 Å². The van der Waals surface area contributed by atoms with Gasteiger partial charge in [0.25, 0.3) is 0 Å². The van der Waals surface area contributed by atoms with E-state index in [4.69, 9.17) is 0 Å². The minimum Gasteiger partial charge on any atom is -0.0888 e. The Morgan fingerprint density at radius 2 is 1.12 bits per heavy atom. The van der Waals surface area contributed by atoms with Crippen LogP contribution in [0.3, 0.4) is 0 Å². The van der Waals surface area contributed by atoms with Crippen LogP contribution in [0.1, 0.15) is 78.1 Å². The van der Waals surface area contributed by atoms with Gasteiger partial charge < -0.3 is 0 Å². The topological polar surface area (TPSA) is 0 Å². The van der Waals surface area contributed by atoms with Gasteiger partial charge in [-0.1, -0.05) is 70.3 Å². The molecule has 0 saturated carbocycles. The summed E-state index contributed by atoms with van der Waals surface area (Å²) < 4.78 is 0. The molecule has 0 aliphatic carbocycles. The lowest BCUT2D eigenvalue weighted by Gasteiger charge is -1.97. The zero-order chi connectivity index (χ0) is 11.9. The van der Waals surface area contributed by atoms with Gasteiger partial charge in [-0.05, 0) is 32.1 Å². The lowest BCUT2D eigenvalue weighted by Crippen LogP contribution is -1.77. The molecular weight excluding hydrogens is 192 g/mol. The van der Waals surface area contributed by atoms with Gasteiger partial charge in [-0.15, -0.1) is 0 Å². The van der Waals surface area contributed by atoms with E-state index in [1.807, 2.05) is 0 Å². The quantitative estimate of drug-likeness (QED) is 0.295. The van der Waals surface area contributed by atoms with Crippen LogP contribution < -0.4 is 0 Å². The first-order valence-corrected chi connectivity index (χ1v) is 7.21. The molecule has 0 N–H and O–H groups in total. The van der Waals surface area contributed by atoms with E-state index in [0.717, 1.165) is 0 Å². The second-order valence-corrected chi connectivity index (χ2v) is 4.48. The summed E-state index contributed by atoms with van der Waals surface area (Å²) in [6.45, 7) is 4.46. The molecule has 0 atom stereocenters. The molecule has 94 valence electrons. The minimum absolute atomic E-state index is 1.17. The lowest BCUT2D eigenvalue weighted by atomic mass is 10.1. The second-order valence-electron chi connectivity index (χ2n) is 4.48. The Labute approximate surface area is 103 Å². The Balaban J connectivity index is 3.06. The third-order valence-electron chi connectivity index (χ3n) is 2.79. The molecule has 0 heteroatoms. The Morgan fingerprint density at radius 1 is 0.562 bits per heavy atom. The van der Waals surface area contributed by atoms with Gasteiger partial charge in [-0.2, -0.15) is 0 Å². The largest absolute Gasteiger partial charge is 0.0888 e. The Morgan fingerprint density at radius 3 is 1.81 bits per heavy atom. The summed E-state index contributed by atoms with van der Waals surface area (Å²) in [6.07, 6.45) is 22.5. The molecule has 0 bridgehead atoms. The molecule has 0 spiro atoms. The fourth-order valence-electron chi connectivity index (χ4n) is 1.76. The van der Waals surface area contributed by atoms with Gasteiger partial charge in [0.15, 0.2) is 0 Å². The monoisotopic (exact) mass is 222 g/mol. The Bertz CT molecular complexity index is 165. The van der Waals surface area contributed by atoms with E-state index < -0.39 is 0 Å². The SMILES string of the molecule is CCC=CCCC=CCCCCCCCC. The smallest absolute Gasteiger partial charge is 0.0316 e. The number of hydrogen-bond donors (Lipinski definition) is 0. The van der Waals surface area contributed by atoms with Crippen molar-refractivity contribution in [1.29, 1.82) is 0 Å². The lowest BCUT2D eigenvalue weighted by molar-refractivity contribution is 0.611. The Hall–Kier alpha value is -0.520. The third-order valence-corrected chi connectivity index (χ3v) is 2.79. The first kappa shape index (κ1) is 15.5. The van der Waals surface area contributed by atoms with Crippen LogP contribution in [0.4, 0.5) is 0 Å². The van der Waals surface area contributed by atoms with E-state index >= 15 is 0 Å². The van der Waals surface area contributed by atoms with Crippen molar-refractivity contribution in [2.45, 2.75) is 78.1 Å². The van der Waals surface area contributed by atoms with Crippen LogP contribution >= 0.6 is 0 Å². The third kappa shape index (κ3) is 13.5. The van der Waals surface area contributed by atoms with Gasteiger partial charge in [-0.25, -0.2) is 0 Å². The van der Waals surface area contributed by atoms with Crippen LogP contribution in [0.25, 0.3) is 0 Å². The van der Waals surface area contributed by atoms with Gasteiger partial charge in [-0.3, -0.25) is 0 Å². The molecule has 0 aliphatic rings. The van der Waals surface area contributed by atoms with E-state index in [9.17, 15) is 0 Å². The molecule has 0 rings (SSSR count). The predicted molar refractivity (Wildman–Crippen MR) is 75.8 cm³/mol. The number of rotatable bonds is 11. The summed E-state index contributed by atoms with van der Waals surface area (Å²) in [6, 6.07) is 0. The molecule has 0 fully saturated rings. The summed E-state index contributed by atoms with van der Waals surface area (Å²) in [5.41, 5.74) is 0. The molecule has 0 aliphatic heterocycles. The van der Waals surface area contributed by atoms with E-state index in [1.165, 1.54) is 64.2 Å². The fraction of sp³-hybridized carbons (Fsp3) is 0.750. The predicted octanol–water partition coefficient (Wildman–Crippen LogP) is 6.04. The number of hydrogen-bond acceptors (Lipinski definition) is 0. The normalized spacial score (nSPS) is 11.9. The average molecular weight is 222 g/mol. The van der Waals surface area contributed by atoms with Crippen molar-refractivity contribution in [3.8, 4) is 0 Å². The molecule has 0 aromatic carbocycles. The van der Waals surface area contributed by atoms with Crippen molar-refractivity contribution in [1.82, 2.24) is 0 Å². The molecule has 0 aromatic rings. The highest BCUT2D eigenvalue weighted by Gasteiger charge is 1.87. The molecule has 0 unspecified atom stereocenters. The molecule has 0 aromatic heterocycles. The molecular formula is C16H30. The van der Waals surface area contributed by atoms with Crippen LogP contribution in [0.15, 0.2) is 24.3 Å². The maximum absolute atomic E-state index is 2.36. The summed E-state index contributed by atoms with van der Waals surface area (Å²) in [5, 5.41) is 0. The van der Waals surface area contributed by atoms with Crippen LogP contribution in [0.5, 0.6) is 0 Å². The average Bonchev–Trinajstić information content (AvgIpc) is 2.31. The molecule has 0 nitrogen and oxygen atoms in total. The van der Waals surface area contributed by atoms with Crippen LogP contribution in [-0.2, 0) is 0 Å². The van der Waals surface area contributed by atoms with Crippen LogP contribution in [0, 0.1) is 0 Å². The highest BCUT2D eigenvalue weighted by molar-refractivity contribution is 4.87. The standard InChI is InChI=1S/C16H30/c1-3-5-7-9-11-13-15-16-14-12-10-8-6-4-2/h5,7,13,15H,3-4,6,8-12,14,16H2,1-2H3. The first-order chi connectivity index (χ1) is 7.91. The van der Waals surface area contributed by atoms with Crippen molar-refractivity contribution in [2.24, 2.45) is 0 Å². The zero-order valence-electron chi connectivity index (χ0n) is 11.4. The number of unbranched alkanes of at least 4 members (excludes halogenated alkanes) is 7. The van der Waals surface area contributed by atoms with Gasteiger partial charge in [0.1, 0.15) is 0 Å². The minimum atomic E-state index is 1.17. The van der Waals surface area contributed by atoms with Crippen molar-refractivity contribution in [2.75, 3.05) is 0 Å². The maximum atomic E-state index is 2.36. The molecule has 0 saturated heterocycles. The summed E-state index contributed by atoms with van der Waals surface area (Å²) in [4.78, 5) is 0. The van der Waals surface area contributed by atoms with Crippen LogP contribution in [-0.4, -0.2) is 0 Å². The highest BCUT2D eigenvalue weighted by Crippen LogP contribution is 2.07. The van der Waals surface area contributed by atoms with Crippen molar-refractivity contribution in [3.63, 3.8) is 0 Å². The molecule has 0 amide bonds. The van der Waals surface area contributed by atoms with Gasteiger partial charge in [0.2, 0.25) is 0 Å². The first-order valence-electron chi connectivity index (χ1n) is 7.21. The maximum Gasteiger partial charge on any atom is -0.0316 e. The van der Waals surface area contributed by atoms with E-state index in [-0.39, 0.29) is 0 Å². The van der Waals surface area contributed by atoms with Crippen molar-refractivity contribution < 1.29 is 0 Å². The molecule has 0 radical (unpaired) electrons. The van der Waals surface area contributed by atoms with Gasteiger partial charge in [0, 0.05) is 0 Å². The summed E-state index contributed by atoms with van der Waals surface area (Å²) >= 11 is 0. The summed E-state index contributed by atoms with van der Waals surface area (Å²) in [7, 11) is 0. The Kier molecular flexibility index (Phi) is 14.0. The fourth-order valence-corrected chi connectivity index (χ4v) is 1.76. The van der Waals surface area contributed by atoms with Crippen LogP contribution in [0.2, 0.25) is 0 Å². The van der Waals surface area contributed by atoms with E-state index in [1.54, 1.807) is 0 Å². The van der Waals surface area contributed by atoms with Gasteiger partial charge >= 0.3 is 0 Å². The summed E-state index contributed by atoms with van der Waals surface area (Å²) in [5.74, 6) is 0. The van der Waals surface area contributed by atoms with E-state index in [2.05, 4.69) is 38.2 Å². The zero-order valence-corrected chi connectivity index (χ0v) is 11.4. The molecule has 16 heavy (non-hydrogen) atoms. The number of allylic oxidation sites excluding steroid dienone is 4.